The van der Waals surface area contributed by atoms with Crippen molar-refractivity contribution in [1.82, 2.24) is 5.32 Å². The molecule has 1 amide bonds. The maximum atomic E-state index is 11.8. The summed E-state index contributed by atoms with van der Waals surface area (Å²) in [5.41, 5.74) is 0. The Morgan fingerprint density at radius 1 is 0.621 bits per heavy atom. The lowest BCUT2D eigenvalue weighted by atomic mass is 10.0. The zero-order valence-corrected chi connectivity index (χ0v) is 19.4. The lowest BCUT2D eigenvalue weighted by Crippen LogP contribution is -2.40. The number of hydrogen-bond donors (Lipinski definition) is 1. The molecule has 0 aliphatic carbocycles. The zero-order valence-electron chi connectivity index (χ0n) is 19.4. The monoisotopic (exact) mass is 413 g/mol. The van der Waals surface area contributed by atoms with Crippen molar-refractivity contribution in [3.63, 3.8) is 0 Å². The molecular weight excluding hydrogens is 366 g/mol. The van der Waals surface area contributed by atoms with Crippen LogP contribution in [-0.4, -0.2) is 31.3 Å². The number of alkyl carbamates (subject to hydrolysis) is 1. The minimum absolute atomic E-state index is 0.378. The smallest absolute Gasteiger partial charge is 0.407 e. The third kappa shape index (κ3) is 19.8. The average Bonchev–Trinajstić information content (AvgIpc) is 2.70. The van der Waals surface area contributed by atoms with Crippen LogP contribution in [0.3, 0.4) is 0 Å². The minimum atomic E-state index is -0.671. The van der Waals surface area contributed by atoms with Crippen molar-refractivity contribution in [2.75, 3.05) is 13.2 Å². The van der Waals surface area contributed by atoms with Gasteiger partial charge in [-0.25, -0.2) is 9.59 Å². The molecule has 5 nitrogen and oxygen atoms in total. The van der Waals surface area contributed by atoms with E-state index < -0.39 is 18.1 Å². The predicted molar refractivity (Wildman–Crippen MR) is 120 cm³/mol. The topological polar surface area (TPSA) is 64.6 Å². The van der Waals surface area contributed by atoms with Crippen LogP contribution in [0.15, 0.2) is 0 Å². The largest absolute Gasteiger partial charge is 0.464 e. The van der Waals surface area contributed by atoms with Crippen LogP contribution in [0.4, 0.5) is 4.79 Å². The standard InChI is InChI=1S/C24H47NO4/c1-4-6-8-9-10-11-12-13-14-15-16-17-18-19-21-28-23(26)22(3)25-24(27)29-20-7-5-2/h22H,4-21H2,1-3H3,(H,25,27)/t22-/m0/s1. The van der Waals surface area contributed by atoms with Crippen LogP contribution in [0, 0.1) is 0 Å². The number of esters is 1. The molecule has 0 aliphatic rings. The van der Waals surface area contributed by atoms with E-state index in [4.69, 9.17) is 9.47 Å². The van der Waals surface area contributed by atoms with Gasteiger partial charge in [-0.3, -0.25) is 0 Å². The summed E-state index contributed by atoms with van der Waals surface area (Å²) in [4.78, 5) is 23.4. The molecular formula is C24H47NO4. The summed E-state index contributed by atoms with van der Waals surface area (Å²) in [6.07, 6.45) is 19.5. The Balaban J connectivity index is 3.36. The highest BCUT2D eigenvalue weighted by atomic mass is 16.6. The Labute approximate surface area is 179 Å². The van der Waals surface area contributed by atoms with E-state index >= 15 is 0 Å². The Hall–Kier alpha value is -1.26. The molecule has 0 aromatic carbocycles. The lowest BCUT2D eigenvalue weighted by Gasteiger charge is -2.13. The van der Waals surface area contributed by atoms with Crippen LogP contribution in [0.5, 0.6) is 0 Å². The van der Waals surface area contributed by atoms with Crippen molar-refractivity contribution in [2.45, 2.75) is 130 Å². The molecule has 0 unspecified atom stereocenters. The molecule has 0 heterocycles. The van der Waals surface area contributed by atoms with Gasteiger partial charge in [0.05, 0.1) is 13.2 Å². The summed E-state index contributed by atoms with van der Waals surface area (Å²) in [5, 5.41) is 2.51. The molecule has 5 heteroatoms. The molecule has 0 fully saturated rings. The number of amides is 1. The number of ether oxygens (including phenoxy) is 2. The van der Waals surface area contributed by atoms with E-state index in [9.17, 15) is 9.59 Å². The maximum Gasteiger partial charge on any atom is 0.407 e. The number of unbranched alkanes of at least 4 members (excludes halogenated alkanes) is 14. The molecule has 172 valence electrons. The number of hydrogen-bond acceptors (Lipinski definition) is 4. The fourth-order valence-corrected chi connectivity index (χ4v) is 3.18. The second-order valence-electron chi connectivity index (χ2n) is 8.12. The molecule has 0 rings (SSSR count). The number of nitrogens with one attached hydrogen (secondary N) is 1. The van der Waals surface area contributed by atoms with Crippen LogP contribution in [0.1, 0.15) is 124 Å². The van der Waals surface area contributed by atoms with Gasteiger partial charge in [0, 0.05) is 0 Å². The van der Waals surface area contributed by atoms with Crippen LogP contribution in [-0.2, 0) is 14.3 Å². The molecule has 29 heavy (non-hydrogen) atoms. The van der Waals surface area contributed by atoms with Crippen LogP contribution < -0.4 is 5.32 Å². The Kier molecular flexibility index (Phi) is 20.5. The van der Waals surface area contributed by atoms with E-state index in [0.29, 0.717) is 13.2 Å². The fourth-order valence-electron chi connectivity index (χ4n) is 3.18. The van der Waals surface area contributed by atoms with Gasteiger partial charge in [0.25, 0.3) is 0 Å². The number of carbonyl (C=O) groups excluding carboxylic acids is 2. The first-order valence-corrected chi connectivity index (χ1v) is 12.2. The zero-order chi connectivity index (χ0) is 21.6. The first-order chi connectivity index (χ1) is 14.1. The Bertz CT molecular complexity index is 387. The van der Waals surface area contributed by atoms with Gasteiger partial charge >= 0.3 is 12.1 Å². The first kappa shape index (κ1) is 27.7. The average molecular weight is 414 g/mol. The highest BCUT2D eigenvalue weighted by molar-refractivity contribution is 5.80. The second kappa shape index (κ2) is 21.4. The van der Waals surface area contributed by atoms with Gasteiger partial charge < -0.3 is 14.8 Å². The van der Waals surface area contributed by atoms with Crippen molar-refractivity contribution < 1.29 is 19.1 Å². The molecule has 0 aromatic rings. The normalized spacial score (nSPS) is 11.8. The second-order valence-corrected chi connectivity index (χ2v) is 8.12. The molecule has 0 saturated carbocycles. The molecule has 0 aliphatic heterocycles. The highest BCUT2D eigenvalue weighted by Gasteiger charge is 2.17. The van der Waals surface area contributed by atoms with E-state index in [-0.39, 0.29) is 0 Å². The Morgan fingerprint density at radius 3 is 1.52 bits per heavy atom. The van der Waals surface area contributed by atoms with Gasteiger partial charge in [-0.2, -0.15) is 0 Å². The summed E-state index contributed by atoms with van der Waals surface area (Å²) >= 11 is 0. The highest BCUT2D eigenvalue weighted by Crippen LogP contribution is 2.13. The third-order valence-electron chi connectivity index (χ3n) is 5.16. The quantitative estimate of drug-likeness (QED) is 0.174. The van der Waals surface area contributed by atoms with E-state index in [0.717, 1.165) is 25.7 Å². The van der Waals surface area contributed by atoms with Gasteiger partial charge in [-0.15, -0.1) is 0 Å². The molecule has 0 spiro atoms. The molecule has 0 radical (unpaired) electrons. The molecule has 0 bridgehead atoms. The third-order valence-corrected chi connectivity index (χ3v) is 5.16. The lowest BCUT2D eigenvalue weighted by molar-refractivity contribution is -0.145. The van der Waals surface area contributed by atoms with E-state index in [1.54, 1.807) is 6.92 Å². The number of rotatable bonds is 20. The first-order valence-electron chi connectivity index (χ1n) is 12.2. The summed E-state index contributed by atoms with van der Waals surface area (Å²) in [5.74, 6) is -0.396. The van der Waals surface area contributed by atoms with Crippen LogP contribution in [0.25, 0.3) is 0 Å². The van der Waals surface area contributed by atoms with Gasteiger partial charge in [-0.05, 0) is 19.8 Å². The van der Waals surface area contributed by atoms with Crippen molar-refractivity contribution in [3.05, 3.63) is 0 Å². The summed E-state index contributed by atoms with van der Waals surface area (Å²) in [7, 11) is 0. The predicted octanol–water partition coefficient (Wildman–Crippen LogP) is 6.93. The van der Waals surface area contributed by atoms with Crippen molar-refractivity contribution in [1.29, 1.82) is 0 Å². The molecule has 0 aromatic heterocycles. The number of carbonyl (C=O) groups is 2. The van der Waals surface area contributed by atoms with Crippen molar-refractivity contribution >= 4 is 12.1 Å². The van der Waals surface area contributed by atoms with E-state index in [1.165, 1.54) is 77.0 Å². The fraction of sp³-hybridized carbons (Fsp3) is 0.917. The molecule has 0 saturated heterocycles. The Morgan fingerprint density at radius 2 is 1.03 bits per heavy atom. The molecule has 1 atom stereocenters. The summed E-state index contributed by atoms with van der Waals surface area (Å²) in [6.45, 7) is 6.71. The van der Waals surface area contributed by atoms with Crippen molar-refractivity contribution in [2.24, 2.45) is 0 Å². The van der Waals surface area contributed by atoms with Crippen LogP contribution >= 0.6 is 0 Å². The van der Waals surface area contributed by atoms with E-state index in [2.05, 4.69) is 12.2 Å². The molecule has 1 N–H and O–H groups in total. The van der Waals surface area contributed by atoms with Gasteiger partial charge in [0.2, 0.25) is 0 Å². The van der Waals surface area contributed by atoms with Crippen LogP contribution in [0.2, 0.25) is 0 Å². The van der Waals surface area contributed by atoms with Gasteiger partial charge in [0.1, 0.15) is 6.04 Å². The summed E-state index contributed by atoms with van der Waals surface area (Å²) < 4.78 is 10.2. The van der Waals surface area contributed by atoms with E-state index in [1.807, 2.05) is 6.92 Å². The van der Waals surface area contributed by atoms with Crippen molar-refractivity contribution in [3.8, 4) is 0 Å². The minimum Gasteiger partial charge on any atom is -0.464 e. The van der Waals surface area contributed by atoms with Gasteiger partial charge in [0.15, 0.2) is 0 Å². The SMILES string of the molecule is CCCCCCCCCCCCCCCCOC(=O)[C@H](C)NC(=O)OCCCC. The summed E-state index contributed by atoms with van der Waals surface area (Å²) in [6, 6.07) is -0.671. The van der Waals surface area contributed by atoms with Gasteiger partial charge in [-0.1, -0.05) is 104 Å². The maximum absolute atomic E-state index is 11.8.